The van der Waals surface area contributed by atoms with Crippen molar-refractivity contribution in [1.82, 2.24) is 15.5 Å². The van der Waals surface area contributed by atoms with Gasteiger partial charge in [0, 0.05) is 19.1 Å². The minimum Gasteiger partial charge on any atom is -0.542 e. The van der Waals surface area contributed by atoms with Crippen LogP contribution in [0.2, 0.25) is 0 Å². The molecule has 2 aliphatic carbocycles. The maximum absolute atomic E-state index is 12.2. The van der Waals surface area contributed by atoms with Crippen LogP contribution in [-0.4, -0.2) is 78.8 Å². The number of nitrogens with one attached hydrogen (secondary N) is 2. The maximum Gasteiger partial charge on any atom is 0.430 e. The lowest BCUT2D eigenvalue weighted by molar-refractivity contribution is -0.646. The van der Waals surface area contributed by atoms with E-state index in [9.17, 15) is 27.6 Å². The highest BCUT2D eigenvalue weighted by Crippen LogP contribution is 2.18. The smallest absolute Gasteiger partial charge is 0.430 e. The molecule has 4 N–H and O–H groups in total. The van der Waals surface area contributed by atoms with Crippen LogP contribution in [0.15, 0.2) is 0 Å². The zero-order chi connectivity index (χ0) is 31.1. The van der Waals surface area contributed by atoms with Crippen molar-refractivity contribution in [2.45, 2.75) is 135 Å². The molecule has 40 heavy (non-hydrogen) atoms. The van der Waals surface area contributed by atoms with E-state index >= 15 is 0 Å². The number of carbonyl (C=O) groups excluding carboxylic acids is 4. The van der Waals surface area contributed by atoms with Gasteiger partial charge in [-0.3, -0.25) is 14.5 Å². The average molecular weight is 583 g/mol. The molecule has 0 aromatic carbocycles. The van der Waals surface area contributed by atoms with Crippen molar-refractivity contribution in [1.29, 1.82) is 0 Å². The molecule has 234 valence electrons. The Morgan fingerprint density at radius 2 is 1.23 bits per heavy atom. The molecule has 10 nitrogen and oxygen atoms in total. The molecule has 0 aromatic heterocycles. The Bertz CT molecular complexity index is 792. The van der Waals surface area contributed by atoms with E-state index in [1.165, 1.54) is 56.3 Å². The zero-order valence-corrected chi connectivity index (χ0v) is 25.0. The number of amides is 3. The SMILES string of the molecule is C[C@H](C(=O)NC1CCCCC1)N(C)C(=O)OC(C)(C)C.C[NH2+][C@H](C)C(=O)NC1CCCCC1.O=C([O-])C(F)(F)F. The van der Waals surface area contributed by atoms with Crippen molar-refractivity contribution < 1.29 is 47.5 Å². The third-order valence-corrected chi connectivity index (χ3v) is 6.69. The summed E-state index contributed by atoms with van der Waals surface area (Å²) in [5.74, 6) is -2.92. The molecule has 0 radical (unpaired) electrons. The van der Waals surface area contributed by atoms with Gasteiger partial charge in [-0.15, -0.1) is 0 Å². The van der Waals surface area contributed by atoms with Crippen molar-refractivity contribution in [2.24, 2.45) is 0 Å². The first-order chi connectivity index (χ1) is 18.4. The Morgan fingerprint density at radius 1 is 0.850 bits per heavy atom. The number of alkyl halides is 3. The number of carboxylic acid groups (broad SMARTS) is 1. The number of aliphatic carboxylic acids is 1. The average Bonchev–Trinajstić information content (AvgIpc) is 2.87. The molecule has 0 spiro atoms. The van der Waals surface area contributed by atoms with Crippen LogP contribution in [0.3, 0.4) is 0 Å². The van der Waals surface area contributed by atoms with Gasteiger partial charge in [-0.1, -0.05) is 38.5 Å². The number of carboxylic acids is 1. The van der Waals surface area contributed by atoms with Gasteiger partial charge in [-0.05, 0) is 60.3 Å². The van der Waals surface area contributed by atoms with Gasteiger partial charge < -0.3 is 30.6 Å². The molecule has 0 bridgehead atoms. The van der Waals surface area contributed by atoms with Crippen molar-refractivity contribution in [3.63, 3.8) is 0 Å². The van der Waals surface area contributed by atoms with Crippen LogP contribution in [0.5, 0.6) is 0 Å². The van der Waals surface area contributed by atoms with Crippen LogP contribution < -0.4 is 21.1 Å². The summed E-state index contributed by atoms with van der Waals surface area (Å²) in [7, 11) is 3.53. The second-order valence-corrected chi connectivity index (χ2v) is 11.4. The minimum atomic E-state index is -5.19. The second-order valence-electron chi connectivity index (χ2n) is 11.4. The Morgan fingerprint density at radius 3 is 1.55 bits per heavy atom. The van der Waals surface area contributed by atoms with Crippen LogP contribution in [0.4, 0.5) is 18.0 Å². The molecule has 0 heterocycles. The summed E-state index contributed by atoms with van der Waals surface area (Å²) in [5.41, 5.74) is -0.551. The molecule has 3 amide bonds. The highest BCUT2D eigenvalue weighted by Gasteiger charge is 2.29. The van der Waals surface area contributed by atoms with E-state index in [2.05, 4.69) is 10.6 Å². The predicted molar refractivity (Wildman–Crippen MR) is 142 cm³/mol. The molecule has 2 rings (SSSR count). The third-order valence-electron chi connectivity index (χ3n) is 6.69. The van der Waals surface area contributed by atoms with Crippen molar-refractivity contribution in [2.75, 3.05) is 14.1 Å². The normalized spacial score (nSPS) is 17.9. The summed E-state index contributed by atoms with van der Waals surface area (Å²) in [6, 6.07) is 0.239. The first-order valence-electron chi connectivity index (χ1n) is 14.0. The highest BCUT2D eigenvalue weighted by molar-refractivity contribution is 5.85. The molecular formula is C27H49F3N4O6. The van der Waals surface area contributed by atoms with E-state index in [-0.39, 0.29) is 23.9 Å². The Balaban J connectivity index is 0.000000649. The molecule has 2 fully saturated rings. The van der Waals surface area contributed by atoms with E-state index in [0.717, 1.165) is 12.8 Å². The van der Waals surface area contributed by atoms with Crippen LogP contribution in [0, 0.1) is 0 Å². The van der Waals surface area contributed by atoms with Crippen molar-refractivity contribution in [3.8, 4) is 0 Å². The van der Waals surface area contributed by atoms with Gasteiger partial charge in [-0.25, -0.2) is 4.79 Å². The first kappa shape index (κ1) is 37.4. The number of nitrogens with zero attached hydrogens (tertiary/aromatic N) is 1. The summed E-state index contributed by atoms with van der Waals surface area (Å²) < 4.78 is 36.8. The van der Waals surface area contributed by atoms with E-state index < -0.39 is 29.9 Å². The summed E-state index contributed by atoms with van der Waals surface area (Å²) in [5, 5.41) is 16.9. The summed E-state index contributed by atoms with van der Waals surface area (Å²) in [6.45, 7) is 9.10. The maximum atomic E-state index is 12.2. The molecule has 2 atom stereocenters. The third kappa shape index (κ3) is 16.5. The van der Waals surface area contributed by atoms with Crippen LogP contribution in [-0.2, 0) is 19.1 Å². The number of likely N-dealkylation sites (N-methyl/N-ethyl adjacent to an activating group) is 2. The number of rotatable bonds is 6. The van der Waals surface area contributed by atoms with E-state index in [0.29, 0.717) is 6.04 Å². The summed E-state index contributed by atoms with van der Waals surface area (Å²) >= 11 is 0. The van der Waals surface area contributed by atoms with Crippen LogP contribution in [0.25, 0.3) is 0 Å². The van der Waals surface area contributed by atoms with E-state index in [1.54, 1.807) is 14.0 Å². The molecule has 13 heteroatoms. The quantitative estimate of drug-likeness (QED) is 0.437. The first-order valence-corrected chi connectivity index (χ1v) is 14.0. The van der Waals surface area contributed by atoms with Gasteiger partial charge >= 0.3 is 12.3 Å². The van der Waals surface area contributed by atoms with Gasteiger partial charge in [0.25, 0.3) is 5.91 Å². The van der Waals surface area contributed by atoms with Gasteiger partial charge in [0.05, 0.1) is 7.05 Å². The Hall–Kier alpha value is -2.57. The highest BCUT2D eigenvalue weighted by atomic mass is 19.4. The predicted octanol–water partition coefficient (Wildman–Crippen LogP) is 2.01. The standard InChI is InChI=1S/C15H28N2O3.C10H20N2O.C2HF3O2/c1-11(17(5)14(19)20-15(2,3)4)13(18)16-12-9-7-6-8-10-12;1-8(11-2)10(13)12-9-6-4-3-5-7-9;3-2(4,5)1(6)7/h11-12H,6-10H2,1-5H3,(H,16,18);8-9,11H,3-7H2,1-2H3,(H,12,13);(H,6,7)/t11-;8-;/m11./s1. The largest absolute Gasteiger partial charge is 0.542 e. The summed E-state index contributed by atoms with van der Waals surface area (Å²) in [6.07, 6.45) is 6.21. The number of ether oxygens (including phenoxy) is 1. The summed E-state index contributed by atoms with van der Waals surface area (Å²) in [4.78, 5) is 45.7. The van der Waals surface area contributed by atoms with Gasteiger partial charge in [0.15, 0.2) is 6.04 Å². The van der Waals surface area contributed by atoms with Crippen LogP contribution in [0.1, 0.15) is 98.8 Å². The fraction of sp³-hybridized carbons (Fsp3) is 0.852. The van der Waals surface area contributed by atoms with E-state index in [1.807, 2.05) is 40.1 Å². The number of hydrogen-bond acceptors (Lipinski definition) is 6. The van der Waals surface area contributed by atoms with Crippen molar-refractivity contribution in [3.05, 3.63) is 0 Å². The Kier molecular flexibility index (Phi) is 16.8. The Labute approximate surface area is 236 Å². The van der Waals surface area contributed by atoms with Gasteiger partial charge in [-0.2, -0.15) is 13.2 Å². The molecule has 2 aliphatic rings. The molecule has 2 saturated carbocycles. The number of halogens is 3. The number of nitrogens with two attached hydrogens (primary N) is 1. The second kappa shape index (κ2) is 18.0. The lowest BCUT2D eigenvalue weighted by Crippen LogP contribution is -2.88. The number of quaternary nitrogens is 1. The van der Waals surface area contributed by atoms with Gasteiger partial charge in [0.1, 0.15) is 17.6 Å². The molecule has 0 unspecified atom stereocenters. The zero-order valence-electron chi connectivity index (χ0n) is 25.0. The number of carbonyl (C=O) groups is 4. The number of hydrogen-bond donors (Lipinski definition) is 3. The van der Waals surface area contributed by atoms with E-state index in [4.69, 9.17) is 14.6 Å². The monoisotopic (exact) mass is 582 g/mol. The fourth-order valence-electron chi connectivity index (χ4n) is 3.97. The molecule has 0 aliphatic heterocycles. The molecule has 0 saturated heterocycles. The lowest BCUT2D eigenvalue weighted by Gasteiger charge is -2.30. The van der Waals surface area contributed by atoms with Crippen LogP contribution >= 0.6 is 0 Å². The van der Waals surface area contributed by atoms with Crippen molar-refractivity contribution >= 4 is 23.9 Å². The fourth-order valence-corrected chi connectivity index (χ4v) is 3.97. The lowest BCUT2D eigenvalue weighted by atomic mass is 9.95. The topological polar surface area (TPSA) is 144 Å². The molecular weight excluding hydrogens is 533 g/mol. The minimum absolute atomic E-state index is 0.0573. The van der Waals surface area contributed by atoms with Gasteiger partial charge in [0.2, 0.25) is 5.91 Å². The molecule has 0 aromatic rings.